The molecule has 0 saturated heterocycles. The number of hydrogen-bond donors (Lipinski definition) is 1. The Balaban J connectivity index is 2.32. The van der Waals surface area contributed by atoms with Gasteiger partial charge in [-0.3, -0.25) is 4.57 Å². The topological polar surface area (TPSA) is 81.3 Å². The van der Waals surface area contributed by atoms with Gasteiger partial charge in [0.15, 0.2) is 5.58 Å². The van der Waals surface area contributed by atoms with Crippen LogP contribution in [0.15, 0.2) is 32.3 Å². The number of nitrogens with zero attached hydrogens (tertiary/aromatic N) is 1. The Kier molecular flexibility index (Phi) is 4.53. The zero-order valence-electron chi connectivity index (χ0n) is 12.4. The Morgan fingerprint density at radius 1 is 1.33 bits per heavy atom. The average molecular weight is 312 g/mol. The van der Waals surface area contributed by atoms with E-state index in [-0.39, 0.29) is 10.5 Å². The monoisotopic (exact) mass is 312 g/mol. The third-order valence-corrected chi connectivity index (χ3v) is 4.74. The molecular weight excluding hydrogens is 292 g/mol. The Bertz CT molecular complexity index is 787. The fraction of sp³-hybridized carbons (Fsp3) is 0.500. The van der Waals surface area contributed by atoms with Gasteiger partial charge in [-0.15, -0.1) is 0 Å². The molecule has 0 unspecified atom stereocenters. The summed E-state index contributed by atoms with van der Waals surface area (Å²) in [5, 5.41) is 0. The number of sulfonamides is 1. The molecule has 1 aromatic carbocycles. The molecule has 0 saturated carbocycles. The summed E-state index contributed by atoms with van der Waals surface area (Å²) in [6.07, 6.45) is 0.767. The molecular formula is C14H20N2O4S. The van der Waals surface area contributed by atoms with E-state index < -0.39 is 15.8 Å². The largest absolute Gasteiger partial charge is 0.419 e. The van der Waals surface area contributed by atoms with Crippen LogP contribution in [0.4, 0.5) is 0 Å². The molecule has 0 aliphatic rings. The molecule has 0 amide bonds. The van der Waals surface area contributed by atoms with Crippen LogP contribution in [0.25, 0.3) is 11.1 Å². The van der Waals surface area contributed by atoms with Crippen LogP contribution in [0.5, 0.6) is 0 Å². The molecule has 1 aromatic heterocycles. The zero-order chi connectivity index (χ0) is 15.6. The van der Waals surface area contributed by atoms with Gasteiger partial charge in [-0.25, -0.2) is 17.9 Å². The van der Waals surface area contributed by atoms with Crippen molar-refractivity contribution in [2.24, 2.45) is 5.92 Å². The van der Waals surface area contributed by atoms with Gasteiger partial charge in [0.05, 0.1) is 10.4 Å². The van der Waals surface area contributed by atoms with Crippen LogP contribution < -0.4 is 10.5 Å². The van der Waals surface area contributed by atoms with Crippen molar-refractivity contribution in [3.8, 4) is 0 Å². The number of benzene rings is 1. The van der Waals surface area contributed by atoms with Crippen molar-refractivity contribution in [2.75, 3.05) is 6.54 Å². The maximum Gasteiger partial charge on any atom is 0.419 e. The summed E-state index contributed by atoms with van der Waals surface area (Å²) in [5.41, 5.74) is 0.886. The van der Waals surface area contributed by atoms with Crippen molar-refractivity contribution in [3.63, 3.8) is 0 Å². The van der Waals surface area contributed by atoms with E-state index in [2.05, 4.69) is 4.72 Å². The minimum atomic E-state index is -3.58. The lowest BCUT2D eigenvalue weighted by atomic mass is 10.1. The molecule has 0 spiro atoms. The highest BCUT2D eigenvalue weighted by Gasteiger charge is 2.17. The van der Waals surface area contributed by atoms with Crippen molar-refractivity contribution < 1.29 is 12.8 Å². The normalized spacial score (nSPS) is 12.4. The number of oxazole rings is 1. The predicted octanol–water partition coefficient (Wildman–Crippen LogP) is 1.94. The van der Waals surface area contributed by atoms with E-state index >= 15 is 0 Å². The van der Waals surface area contributed by atoms with E-state index in [0.29, 0.717) is 24.5 Å². The molecule has 0 aliphatic heterocycles. The molecule has 0 radical (unpaired) electrons. The molecule has 0 bridgehead atoms. The minimum absolute atomic E-state index is 0.107. The van der Waals surface area contributed by atoms with Crippen molar-refractivity contribution >= 4 is 21.1 Å². The molecule has 0 fully saturated rings. The highest BCUT2D eigenvalue weighted by Crippen LogP contribution is 2.18. The maximum absolute atomic E-state index is 12.2. The summed E-state index contributed by atoms with van der Waals surface area (Å²) < 4.78 is 33.5. The molecule has 21 heavy (non-hydrogen) atoms. The summed E-state index contributed by atoms with van der Waals surface area (Å²) >= 11 is 0. The SMILES string of the molecule is CCn1c(=O)oc2cc(S(=O)(=O)NCCC(C)C)ccc21. The van der Waals surface area contributed by atoms with Crippen LogP contribution >= 0.6 is 0 Å². The average Bonchev–Trinajstić information content (AvgIpc) is 2.72. The molecule has 2 rings (SSSR count). The third-order valence-electron chi connectivity index (χ3n) is 3.28. The number of aryl methyl sites for hydroxylation is 1. The standard InChI is InChI=1S/C14H20N2O4S/c1-4-16-12-6-5-11(9-13(12)20-14(16)17)21(18,19)15-8-7-10(2)3/h5-6,9-10,15H,4,7-8H2,1-3H3. The second kappa shape index (κ2) is 6.03. The Hall–Kier alpha value is -1.60. The number of nitrogens with one attached hydrogen (secondary N) is 1. The highest BCUT2D eigenvalue weighted by atomic mass is 32.2. The lowest BCUT2D eigenvalue weighted by Gasteiger charge is -2.08. The zero-order valence-corrected chi connectivity index (χ0v) is 13.2. The number of rotatable bonds is 6. The fourth-order valence-corrected chi connectivity index (χ4v) is 3.14. The first-order valence-electron chi connectivity index (χ1n) is 6.98. The first kappa shape index (κ1) is 15.8. The van der Waals surface area contributed by atoms with Crippen LogP contribution in [0, 0.1) is 5.92 Å². The van der Waals surface area contributed by atoms with Crippen LogP contribution in [-0.4, -0.2) is 19.5 Å². The number of hydrogen-bond acceptors (Lipinski definition) is 4. The summed E-state index contributed by atoms with van der Waals surface area (Å²) in [7, 11) is -3.58. The Morgan fingerprint density at radius 2 is 2.05 bits per heavy atom. The van der Waals surface area contributed by atoms with E-state index in [9.17, 15) is 13.2 Å². The van der Waals surface area contributed by atoms with Gasteiger partial charge in [-0.2, -0.15) is 0 Å². The van der Waals surface area contributed by atoms with Gasteiger partial charge >= 0.3 is 5.76 Å². The highest BCUT2D eigenvalue weighted by molar-refractivity contribution is 7.89. The molecule has 0 atom stereocenters. The van der Waals surface area contributed by atoms with Crippen molar-refractivity contribution in [1.29, 1.82) is 0 Å². The fourth-order valence-electron chi connectivity index (χ4n) is 2.08. The maximum atomic E-state index is 12.2. The van der Waals surface area contributed by atoms with Crippen molar-refractivity contribution in [2.45, 2.75) is 38.6 Å². The van der Waals surface area contributed by atoms with E-state index in [1.807, 2.05) is 20.8 Å². The molecule has 7 heteroatoms. The smallest absolute Gasteiger partial charge is 0.408 e. The minimum Gasteiger partial charge on any atom is -0.408 e. The molecule has 6 nitrogen and oxygen atoms in total. The Morgan fingerprint density at radius 3 is 2.67 bits per heavy atom. The lowest BCUT2D eigenvalue weighted by Crippen LogP contribution is -2.25. The van der Waals surface area contributed by atoms with Gasteiger partial charge in [0.2, 0.25) is 10.0 Å². The Labute approximate surface area is 123 Å². The quantitative estimate of drug-likeness (QED) is 0.884. The second-order valence-corrected chi connectivity index (χ2v) is 7.09. The van der Waals surface area contributed by atoms with Gasteiger partial charge in [0.25, 0.3) is 0 Å². The number of aromatic nitrogens is 1. The van der Waals surface area contributed by atoms with Gasteiger partial charge in [0, 0.05) is 19.2 Å². The van der Waals surface area contributed by atoms with Crippen LogP contribution in [0.1, 0.15) is 27.2 Å². The van der Waals surface area contributed by atoms with Gasteiger partial charge in [0.1, 0.15) is 0 Å². The van der Waals surface area contributed by atoms with E-state index in [1.54, 1.807) is 6.07 Å². The van der Waals surface area contributed by atoms with E-state index in [4.69, 9.17) is 4.42 Å². The molecule has 2 aromatic rings. The second-order valence-electron chi connectivity index (χ2n) is 5.32. The molecule has 0 aliphatic carbocycles. The first-order valence-corrected chi connectivity index (χ1v) is 8.46. The lowest BCUT2D eigenvalue weighted by molar-refractivity contribution is 0.512. The van der Waals surface area contributed by atoms with Crippen LogP contribution in [-0.2, 0) is 16.6 Å². The van der Waals surface area contributed by atoms with Crippen molar-refractivity contribution in [1.82, 2.24) is 9.29 Å². The van der Waals surface area contributed by atoms with Crippen molar-refractivity contribution in [3.05, 3.63) is 28.7 Å². The van der Waals surface area contributed by atoms with Crippen LogP contribution in [0.3, 0.4) is 0 Å². The predicted molar refractivity (Wildman–Crippen MR) is 80.8 cm³/mol. The first-order chi connectivity index (χ1) is 9.85. The van der Waals surface area contributed by atoms with Crippen LogP contribution in [0.2, 0.25) is 0 Å². The van der Waals surface area contributed by atoms with Gasteiger partial charge in [-0.05, 0) is 31.4 Å². The molecule has 1 N–H and O–H groups in total. The van der Waals surface area contributed by atoms with Gasteiger partial charge in [-0.1, -0.05) is 13.8 Å². The molecule has 116 valence electrons. The van der Waals surface area contributed by atoms with Gasteiger partial charge < -0.3 is 4.42 Å². The summed E-state index contributed by atoms with van der Waals surface area (Å²) in [6, 6.07) is 4.47. The third kappa shape index (κ3) is 3.36. The molecule has 1 heterocycles. The van der Waals surface area contributed by atoms with E-state index in [1.165, 1.54) is 16.7 Å². The number of fused-ring (bicyclic) bond motifs is 1. The summed E-state index contributed by atoms with van der Waals surface area (Å²) in [6.45, 7) is 6.75. The van der Waals surface area contributed by atoms with E-state index in [0.717, 1.165) is 6.42 Å². The summed E-state index contributed by atoms with van der Waals surface area (Å²) in [4.78, 5) is 11.7. The summed E-state index contributed by atoms with van der Waals surface area (Å²) in [5.74, 6) is -0.0541.